The number of carbonyl (C=O) groups is 2. The van der Waals surface area contributed by atoms with Gasteiger partial charge in [-0.1, -0.05) is 11.6 Å². The van der Waals surface area contributed by atoms with Gasteiger partial charge in [-0.3, -0.25) is 0 Å². The van der Waals surface area contributed by atoms with Crippen LogP contribution >= 0.6 is 11.6 Å². The summed E-state index contributed by atoms with van der Waals surface area (Å²) in [6, 6.07) is 4.72. The minimum atomic E-state index is -0.957. The molecule has 8 nitrogen and oxygen atoms in total. The van der Waals surface area contributed by atoms with Gasteiger partial charge in [0.15, 0.2) is 11.5 Å². The van der Waals surface area contributed by atoms with Gasteiger partial charge in [-0.25, -0.2) is 9.59 Å². The van der Waals surface area contributed by atoms with Crippen LogP contribution in [0.5, 0.6) is 23.0 Å². The van der Waals surface area contributed by atoms with Gasteiger partial charge in [-0.2, -0.15) is 0 Å². The molecule has 146 valence electrons. The highest BCUT2D eigenvalue weighted by molar-refractivity contribution is 6.31. The van der Waals surface area contributed by atoms with Crippen molar-refractivity contribution >= 4 is 34.7 Å². The third kappa shape index (κ3) is 4.46. The van der Waals surface area contributed by atoms with Gasteiger partial charge in [0.25, 0.3) is 0 Å². The van der Waals surface area contributed by atoms with Gasteiger partial charge >= 0.3 is 12.3 Å². The Kier molecular flexibility index (Phi) is 6.95. The van der Waals surface area contributed by atoms with Crippen LogP contribution in [-0.4, -0.2) is 39.7 Å². The van der Waals surface area contributed by atoms with Crippen molar-refractivity contribution in [1.82, 2.24) is 0 Å². The highest BCUT2D eigenvalue weighted by Crippen LogP contribution is 2.52. The Balaban J connectivity index is 2.89. The molecule has 0 heterocycles. The first-order valence-corrected chi connectivity index (χ1v) is 8.40. The van der Waals surface area contributed by atoms with Gasteiger partial charge < -0.3 is 28.4 Å². The number of carbonyl (C=O) groups excluding carboxylic acids is 2. The van der Waals surface area contributed by atoms with Crippen molar-refractivity contribution in [3.8, 4) is 23.0 Å². The summed E-state index contributed by atoms with van der Waals surface area (Å²) in [5.41, 5.74) is 0. The van der Waals surface area contributed by atoms with E-state index in [1.54, 1.807) is 26.0 Å². The quantitative estimate of drug-likeness (QED) is 0.516. The molecule has 0 radical (unpaired) electrons. The molecule has 0 aromatic heterocycles. The van der Waals surface area contributed by atoms with Crippen LogP contribution in [0.25, 0.3) is 10.8 Å². The van der Waals surface area contributed by atoms with Crippen molar-refractivity contribution in [2.45, 2.75) is 13.8 Å². The average molecular weight is 399 g/mol. The van der Waals surface area contributed by atoms with E-state index in [9.17, 15) is 9.59 Å². The molecule has 0 aliphatic heterocycles. The first-order chi connectivity index (χ1) is 13.0. The lowest BCUT2D eigenvalue weighted by molar-refractivity contribution is 0.116. The molecule has 2 aromatic carbocycles. The second kappa shape index (κ2) is 9.18. The molecular weight excluding hydrogens is 380 g/mol. The SMILES string of the molecule is CCOc1c(OCC)c(OC(=O)OC)c2cc(Cl)ccc2c1OC(=O)OC. The molecule has 9 heteroatoms. The van der Waals surface area contributed by atoms with Crippen LogP contribution in [0.1, 0.15) is 13.8 Å². The van der Waals surface area contributed by atoms with Crippen molar-refractivity contribution in [3.63, 3.8) is 0 Å². The molecule has 0 fully saturated rings. The van der Waals surface area contributed by atoms with E-state index in [0.29, 0.717) is 15.8 Å². The van der Waals surface area contributed by atoms with Gasteiger partial charge in [0.05, 0.1) is 27.4 Å². The van der Waals surface area contributed by atoms with Crippen LogP contribution in [0.3, 0.4) is 0 Å². The van der Waals surface area contributed by atoms with Crippen molar-refractivity contribution in [1.29, 1.82) is 0 Å². The Morgan fingerprint density at radius 2 is 1.30 bits per heavy atom. The summed E-state index contributed by atoms with van der Waals surface area (Å²) >= 11 is 6.10. The highest BCUT2D eigenvalue weighted by Gasteiger charge is 2.28. The zero-order valence-corrected chi connectivity index (χ0v) is 16.0. The number of halogens is 1. The molecule has 0 saturated carbocycles. The molecule has 0 aliphatic rings. The van der Waals surface area contributed by atoms with E-state index in [0.717, 1.165) is 0 Å². The predicted molar refractivity (Wildman–Crippen MR) is 97.4 cm³/mol. The van der Waals surface area contributed by atoms with Gasteiger partial charge in [-0.05, 0) is 32.0 Å². The normalized spacial score (nSPS) is 10.3. The van der Waals surface area contributed by atoms with Crippen molar-refractivity contribution in [2.75, 3.05) is 27.4 Å². The fourth-order valence-electron chi connectivity index (χ4n) is 2.36. The number of fused-ring (bicyclic) bond motifs is 1. The van der Waals surface area contributed by atoms with Crippen molar-refractivity contribution < 1.29 is 38.0 Å². The summed E-state index contributed by atoms with van der Waals surface area (Å²) < 4.78 is 31.0. The van der Waals surface area contributed by atoms with Gasteiger partial charge in [0.1, 0.15) is 0 Å². The Bertz CT molecular complexity index is 849. The van der Waals surface area contributed by atoms with E-state index < -0.39 is 12.3 Å². The number of ether oxygens (including phenoxy) is 6. The van der Waals surface area contributed by atoms with Crippen LogP contribution in [0.4, 0.5) is 9.59 Å². The Morgan fingerprint density at radius 1 is 0.815 bits per heavy atom. The Labute approximate surface area is 160 Å². The maximum absolute atomic E-state index is 11.8. The molecule has 0 N–H and O–H groups in total. The standard InChI is InChI=1S/C18H19ClO8/c1-5-24-15-13(26-17(20)22-3)11-8-7-10(19)9-12(11)14(16(15)25-6-2)27-18(21)23-4/h7-9H,5-6H2,1-4H3. The first kappa shape index (κ1) is 20.4. The molecule has 27 heavy (non-hydrogen) atoms. The topological polar surface area (TPSA) is 89.5 Å². The summed E-state index contributed by atoms with van der Waals surface area (Å²) in [6.07, 6.45) is -1.90. The molecule has 0 spiro atoms. The molecule has 2 aromatic rings. The smallest absolute Gasteiger partial charge is 0.487 e. The van der Waals surface area contributed by atoms with E-state index in [-0.39, 0.29) is 36.2 Å². The molecule has 0 aliphatic carbocycles. The van der Waals surface area contributed by atoms with Crippen LogP contribution in [0, 0.1) is 0 Å². The fraction of sp³-hybridized carbons (Fsp3) is 0.333. The van der Waals surface area contributed by atoms with Gasteiger partial charge in [0.2, 0.25) is 11.5 Å². The average Bonchev–Trinajstić information content (AvgIpc) is 2.66. The van der Waals surface area contributed by atoms with E-state index in [2.05, 4.69) is 9.47 Å². The minimum Gasteiger partial charge on any atom is -0.487 e. The maximum atomic E-state index is 11.8. The van der Waals surface area contributed by atoms with Crippen molar-refractivity contribution in [3.05, 3.63) is 23.2 Å². The van der Waals surface area contributed by atoms with Crippen LogP contribution < -0.4 is 18.9 Å². The molecule has 0 atom stereocenters. The monoisotopic (exact) mass is 398 g/mol. The second-order valence-corrected chi connectivity index (χ2v) is 5.42. The molecule has 0 amide bonds. The lowest BCUT2D eigenvalue weighted by Gasteiger charge is -2.20. The van der Waals surface area contributed by atoms with E-state index in [1.165, 1.54) is 20.3 Å². The predicted octanol–water partition coefficient (Wildman–Crippen LogP) is 4.58. The van der Waals surface area contributed by atoms with E-state index in [1.807, 2.05) is 0 Å². The number of hydrogen-bond donors (Lipinski definition) is 0. The van der Waals surface area contributed by atoms with Crippen LogP contribution in [0.2, 0.25) is 5.02 Å². The van der Waals surface area contributed by atoms with Gasteiger partial charge in [0, 0.05) is 15.8 Å². The number of methoxy groups -OCH3 is 2. The summed E-state index contributed by atoms with van der Waals surface area (Å²) in [6.45, 7) is 3.93. The third-order valence-electron chi connectivity index (χ3n) is 3.37. The van der Waals surface area contributed by atoms with E-state index in [4.69, 9.17) is 30.5 Å². The minimum absolute atomic E-state index is 0.0295. The molecule has 0 bridgehead atoms. The lowest BCUT2D eigenvalue weighted by Crippen LogP contribution is -2.13. The maximum Gasteiger partial charge on any atom is 0.513 e. The fourth-order valence-corrected chi connectivity index (χ4v) is 2.53. The zero-order chi connectivity index (χ0) is 20.0. The Hall–Kier alpha value is -2.87. The highest BCUT2D eigenvalue weighted by atomic mass is 35.5. The van der Waals surface area contributed by atoms with Crippen LogP contribution in [-0.2, 0) is 9.47 Å². The largest absolute Gasteiger partial charge is 0.513 e. The second-order valence-electron chi connectivity index (χ2n) is 4.98. The Morgan fingerprint density at radius 3 is 1.74 bits per heavy atom. The molecular formula is C18H19ClO8. The lowest BCUT2D eigenvalue weighted by atomic mass is 10.1. The van der Waals surface area contributed by atoms with E-state index >= 15 is 0 Å². The van der Waals surface area contributed by atoms with Crippen molar-refractivity contribution in [2.24, 2.45) is 0 Å². The van der Waals surface area contributed by atoms with Crippen LogP contribution in [0.15, 0.2) is 18.2 Å². The summed E-state index contributed by atoms with van der Waals surface area (Å²) in [5, 5.41) is 1.13. The summed E-state index contributed by atoms with van der Waals surface area (Å²) in [4.78, 5) is 23.5. The molecule has 2 rings (SSSR count). The third-order valence-corrected chi connectivity index (χ3v) is 3.61. The number of rotatable bonds is 6. The number of hydrogen-bond acceptors (Lipinski definition) is 8. The first-order valence-electron chi connectivity index (χ1n) is 8.03. The summed E-state index contributed by atoms with van der Waals surface area (Å²) in [5.74, 6) is 0.231. The zero-order valence-electron chi connectivity index (χ0n) is 15.3. The number of benzene rings is 2. The van der Waals surface area contributed by atoms with Gasteiger partial charge in [-0.15, -0.1) is 0 Å². The summed E-state index contributed by atoms with van der Waals surface area (Å²) in [7, 11) is 2.36. The molecule has 0 saturated heterocycles. The molecule has 0 unspecified atom stereocenters.